The molecule has 1 aliphatic heterocycles. The maximum Gasteiger partial charge on any atom is 0.274 e. The van der Waals surface area contributed by atoms with Gasteiger partial charge in [-0.25, -0.2) is 4.98 Å². The van der Waals surface area contributed by atoms with Crippen molar-refractivity contribution in [3.05, 3.63) is 70.7 Å². The summed E-state index contributed by atoms with van der Waals surface area (Å²) in [6.07, 6.45) is 0.757. The van der Waals surface area contributed by atoms with Crippen molar-refractivity contribution in [3.63, 3.8) is 0 Å². The first-order valence-electron chi connectivity index (χ1n) is 10.6. The number of rotatable bonds is 5. The quantitative estimate of drug-likeness (QED) is 0.377. The van der Waals surface area contributed by atoms with Gasteiger partial charge in [-0.1, -0.05) is 70.6 Å². The highest BCUT2D eigenvalue weighted by molar-refractivity contribution is 7.19. The number of likely N-dealkylation sites (tertiary alicyclic amines) is 1. The van der Waals surface area contributed by atoms with E-state index in [2.05, 4.69) is 15.1 Å². The Balaban J connectivity index is 1.45. The van der Waals surface area contributed by atoms with Gasteiger partial charge in [-0.15, -0.1) is 0 Å². The maximum absolute atomic E-state index is 13.6. The van der Waals surface area contributed by atoms with E-state index in [-0.39, 0.29) is 11.9 Å². The number of hydrogen-bond acceptors (Lipinski definition) is 7. The van der Waals surface area contributed by atoms with Crippen LogP contribution in [0.1, 0.15) is 34.4 Å². The Morgan fingerprint density at radius 2 is 1.94 bits per heavy atom. The maximum atomic E-state index is 13.6. The van der Waals surface area contributed by atoms with E-state index in [1.807, 2.05) is 74.4 Å². The summed E-state index contributed by atoms with van der Waals surface area (Å²) in [5, 5.41) is 5.58. The smallest absolute Gasteiger partial charge is 0.274 e. The van der Waals surface area contributed by atoms with Crippen LogP contribution in [0.2, 0.25) is 5.02 Å². The predicted octanol–water partition coefficient (Wildman–Crippen LogP) is 5.48. The first-order valence-corrected chi connectivity index (χ1v) is 11.8. The van der Waals surface area contributed by atoms with Crippen LogP contribution in [0, 0.1) is 6.92 Å². The highest BCUT2D eigenvalue weighted by atomic mass is 35.5. The Hall–Kier alpha value is -3.23. The van der Waals surface area contributed by atoms with Gasteiger partial charge >= 0.3 is 0 Å². The third-order valence-electron chi connectivity index (χ3n) is 5.75. The van der Waals surface area contributed by atoms with E-state index in [4.69, 9.17) is 16.1 Å². The highest BCUT2D eigenvalue weighted by Crippen LogP contribution is 2.39. The second-order valence-corrected chi connectivity index (χ2v) is 9.49. The lowest BCUT2D eigenvalue weighted by atomic mass is 10.0. The minimum absolute atomic E-state index is 0.131. The fourth-order valence-corrected chi connectivity index (χ4v) is 4.94. The summed E-state index contributed by atoms with van der Waals surface area (Å²) in [4.78, 5) is 27.3. The summed E-state index contributed by atoms with van der Waals surface area (Å²) in [5.74, 6) is 0.763. The van der Waals surface area contributed by atoms with Crippen LogP contribution in [0.3, 0.4) is 0 Å². The van der Waals surface area contributed by atoms with Gasteiger partial charge in [0.15, 0.2) is 5.13 Å². The van der Waals surface area contributed by atoms with Gasteiger partial charge in [-0.2, -0.15) is 4.98 Å². The third kappa shape index (κ3) is 3.89. The molecule has 3 heterocycles. The molecule has 1 aliphatic rings. The summed E-state index contributed by atoms with van der Waals surface area (Å²) in [6, 6.07) is 15.2. The van der Waals surface area contributed by atoms with Crippen molar-refractivity contribution in [2.75, 3.05) is 25.5 Å². The molecule has 0 radical (unpaired) electrons. The van der Waals surface area contributed by atoms with E-state index in [0.717, 1.165) is 33.1 Å². The molecule has 1 saturated heterocycles. The lowest BCUT2D eigenvalue weighted by molar-refractivity contribution is 0.0374. The van der Waals surface area contributed by atoms with Crippen molar-refractivity contribution in [1.82, 2.24) is 20.0 Å². The van der Waals surface area contributed by atoms with E-state index >= 15 is 0 Å². The van der Waals surface area contributed by atoms with Crippen LogP contribution < -0.4 is 4.90 Å². The molecule has 1 fully saturated rings. The molecular formula is C24H22ClN5O2S. The molecule has 1 atom stereocenters. The summed E-state index contributed by atoms with van der Waals surface area (Å²) in [6.45, 7) is 2.53. The molecule has 168 valence electrons. The Labute approximate surface area is 200 Å². The first-order chi connectivity index (χ1) is 15.9. The van der Waals surface area contributed by atoms with Crippen molar-refractivity contribution in [2.24, 2.45) is 0 Å². The fraction of sp³-hybridized carbons (Fsp3) is 0.250. The Bertz CT molecular complexity index is 1320. The van der Waals surface area contributed by atoms with Gasteiger partial charge in [-0.3, -0.25) is 4.79 Å². The van der Waals surface area contributed by atoms with Gasteiger partial charge < -0.3 is 14.3 Å². The molecule has 0 saturated carbocycles. The second kappa shape index (κ2) is 8.61. The molecule has 0 aliphatic carbocycles. The van der Waals surface area contributed by atoms with Gasteiger partial charge in [0.2, 0.25) is 11.7 Å². The molecular weight excluding hydrogens is 458 g/mol. The molecule has 0 N–H and O–H groups in total. The zero-order valence-electron chi connectivity index (χ0n) is 18.4. The van der Waals surface area contributed by atoms with E-state index in [9.17, 15) is 4.79 Å². The van der Waals surface area contributed by atoms with Crippen molar-refractivity contribution < 1.29 is 9.32 Å². The van der Waals surface area contributed by atoms with E-state index in [1.54, 1.807) is 4.90 Å². The Kier molecular flexibility index (Phi) is 5.64. The van der Waals surface area contributed by atoms with Crippen LogP contribution in [0.5, 0.6) is 0 Å². The monoisotopic (exact) mass is 479 g/mol. The predicted molar refractivity (Wildman–Crippen MR) is 130 cm³/mol. The van der Waals surface area contributed by atoms with Crippen LogP contribution in [-0.4, -0.2) is 46.6 Å². The van der Waals surface area contributed by atoms with Crippen molar-refractivity contribution in [1.29, 1.82) is 0 Å². The molecule has 2 aromatic heterocycles. The average molecular weight is 480 g/mol. The molecule has 2 aromatic carbocycles. The van der Waals surface area contributed by atoms with Crippen LogP contribution in [0.4, 0.5) is 5.13 Å². The minimum Gasteiger partial charge on any atom is -0.354 e. The Morgan fingerprint density at radius 3 is 2.64 bits per heavy atom. The molecule has 33 heavy (non-hydrogen) atoms. The van der Waals surface area contributed by atoms with E-state index in [0.29, 0.717) is 29.0 Å². The molecule has 9 heteroatoms. The third-order valence-corrected chi connectivity index (χ3v) is 7.43. The molecule has 1 unspecified atom stereocenters. The van der Waals surface area contributed by atoms with Crippen LogP contribution >= 0.6 is 22.9 Å². The van der Waals surface area contributed by atoms with Crippen molar-refractivity contribution in [3.8, 4) is 21.8 Å². The van der Waals surface area contributed by atoms with E-state index in [1.165, 1.54) is 11.3 Å². The summed E-state index contributed by atoms with van der Waals surface area (Å²) in [5.41, 5.74) is 3.13. The van der Waals surface area contributed by atoms with Crippen LogP contribution in [0.15, 0.2) is 53.1 Å². The number of halogens is 1. The molecule has 0 spiro atoms. The van der Waals surface area contributed by atoms with Crippen LogP contribution in [-0.2, 0) is 0 Å². The van der Waals surface area contributed by atoms with Gasteiger partial charge in [0, 0.05) is 31.2 Å². The van der Waals surface area contributed by atoms with Gasteiger partial charge in [-0.05, 0) is 30.5 Å². The number of aromatic nitrogens is 3. The number of carbonyl (C=O) groups is 1. The number of benzene rings is 2. The normalized spacial score (nSPS) is 15.4. The number of hydrogen-bond donors (Lipinski definition) is 0. The van der Waals surface area contributed by atoms with Gasteiger partial charge in [0.25, 0.3) is 5.91 Å². The minimum atomic E-state index is -0.272. The molecule has 7 nitrogen and oxygen atoms in total. The fourth-order valence-electron chi connectivity index (χ4n) is 3.78. The average Bonchev–Trinajstić information content (AvgIpc) is 3.43. The number of anilines is 1. The lowest BCUT2D eigenvalue weighted by Crippen LogP contribution is -2.45. The molecule has 5 rings (SSSR count). The highest BCUT2D eigenvalue weighted by Gasteiger charge is 2.40. The van der Waals surface area contributed by atoms with Crippen molar-refractivity contribution >= 4 is 34.0 Å². The zero-order chi connectivity index (χ0) is 23.1. The molecule has 1 amide bonds. The number of carbonyl (C=O) groups excluding carboxylic acids is 1. The lowest BCUT2D eigenvalue weighted by Gasteiger charge is -2.38. The summed E-state index contributed by atoms with van der Waals surface area (Å²) < 4.78 is 5.57. The molecule has 4 aromatic rings. The summed E-state index contributed by atoms with van der Waals surface area (Å²) >= 11 is 7.75. The van der Waals surface area contributed by atoms with Crippen molar-refractivity contribution in [2.45, 2.75) is 19.4 Å². The molecule has 0 bridgehead atoms. The first kappa shape index (κ1) is 21.6. The van der Waals surface area contributed by atoms with Crippen LogP contribution in [0.25, 0.3) is 21.8 Å². The van der Waals surface area contributed by atoms with E-state index < -0.39 is 0 Å². The zero-order valence-corrected chi connectivity index (χ0v) is 20.0. The standard InChI is InChI=1S/C24H22ClN5O2S/c1-14-16(10-7-11-17(14)25)21-27-22(32-28-21)18-12-13-30(18)23(31)19-20(15-8-5-4-6-9-15)33-24(26-19)29(2)3/h4-11,18H,12-13H2,1-3H3. The summed E-state index contributed by atoms with van der Waals surface area (Å²) in [7, 11) is 3.85. The Morgan fingerprint density at radius 1 is 1.15 bits per heavy atom. The number of amides is 1. The van der Waals surface area contributed by atoms with Gasteiger partial charge in [0.05, 0.1) is 4.88 Å². The number of thiazole rings is 1. The topological polar surface area (TPSA) is 75.4 Å². The SMILES string of the molecule is Cc1c(Cl)cccc1-c1noc(C2CCN2C(=O)c2nc(N(C)C)sc2-c2ccccc2)n1. The second-order valence-electron chi connectivity index (χ2n) is 8.11. The largest absolute Gasteiger partial charge is 0.354 e. The number of nitrogens with zero attached hydrogens (tertiary/aromatic N) is 5. The van der Waals surface area contributed by atoms with Gasteiger partial charge in [0.1, 0.15) is 11.7 Å².